The van der Waals surface area contributed by atoms with Crippen molar-refractivity contribution in [2.75, 3.05) is 0 Å². The molecular weight excluding hydrogens is 232 g/mol. The van der Waals surface area contributed by atoms with Crippen LogP contribution in [0, 0.1) is 29.1 Å². The molecule has 1 heteroatoms. The lowest BCUT2D eigenvalue weighted by Crippen LogP contribution is -2.29. The number of fused-ring (bicyclic) bond motifs is 1. The summed E-state index contributed by atoms with van der Waals surface area (Å²) in [6.07, 6.45) is 9.90. The van der Waals surface area contributed by atoms with Crippen molar-refractivity contribution in [1.29, 1.82) is 0 Å². The molecule has 110 valence electrons. The molecule has 19 heavy (non-hydrogen) atoms. The van der Waals surface area contributed by atoms with Crippen LogP contribution < -0.4 is 0 Å². The highest BCUT2D eigenvalue weighted by Gasteiger charge is 2.43. The molecular formula is C18H32O. The third kappa shape index (κ3) is 3.83. The summed E-state index contributed by atoms with van der Waals surface area (Å²) < 4.78 is 0. The molecule has 0 unspecified atom stereocenters. The van der Waals surface area contributed by atoms with Gasteiger partial charge in [-0.05, 0) is 55.3 Å². The molecule has 0 radical (unpaired) electrons. The second-order valence-corrected chi connectivity index (χ2v) is 8.30. The van der Waals surface area contributed by atoms with Crippen molar-refractivity contribution in [3.63, 3.8) is 0 Å². The standard InChI is InChI=1S/C18H32O/c1-13(7-6-12-18(2,3)4)14-10-11-16-15(14)8-5-9-17(16)19/h13-16H,5-12H2,1-4H3/t13-,14+,15+,16+/m0/s1. The molecule has 0 aromatic rings. The molecule has 0 aromatic heterocycles. The molecule has 2 fully saturated rings. The number of Topliss-reactive ketones (excluding diaryl/α,β-unsaturated/α-hetero) is 1. The first-order valence-electron chi connectivity index (χ1n) is 8.41. The summed E-state index contributed by atoms with van der Waals surface area (Å²) in [7, 11) is 0. The van der Waals surface area contributed by atoms with E-state index < -0.39 is 0 Å². The molecule has 0 N–H and O–H groups in total. The van der Waals surface area contributed by atoms with E-state index >= 15 is 0 Å². The lowest BCUT2D eigenvalue weighted by Gasteiger charge is -2.32. The van der Waals surface area contributed by atoms with Gasteiger partial charge in [0, 0.05) is 12.3 Å². The zero-order valence-corrected chi connectivity index (χ0v) is 13.4. The molecule has 0 aromatic carbocycles. The summed E-state index contributed by atoms with van der Waals surface area (Å²) in [6, 6.07) is 0. The minimum atomic E-state index is 0.448. The fraction of sp³-hybridized carbons (Fsp3) is 0.944. The van der Waals surface area contributed by atoms with Crippen LogP contribution in [0.25, 0.3) is 0 Å². The van der Waals surface area contributed by atoms with Gasteiger partial charge in [-0.25, -0.2) is 0 Å². The number of hydrogen-bond acceptors (Lipinski definition) is 1. The fourth-order valence-electron chi connectivity index (χ4n) is 4.49. The van der Waals surface area contributed by atoms with Gasteiger partial charge in [-0.3, -0.25) is 4.79 Å². The molecule has 0 bridgehead atoms. The summed E-state index contributed by atoms with van der Waals surface area (Å²) in [5.41, 5.74) is 0.471. The summed E-state index contributed by atoms with van der Waals surface area (Å²) in [5.74, 6) is 3.44. The number of carbonyl (C=O) groups excluding carboxylic acids is 1. The lowest BCUT2D eigenvalue weighted by atomic mass is 9.72. The first-order valence-corrected chi connectivity index (χ1v) is 8.41. The Morgan fingerprint density at radius 3 is 2.63 bits per heavy atom. The van der Waals surface area contributed by atoms with E-state index in [4.69, 9.17) is 0 Å². The van der Waals surface area contributed by atoms with Crippen LogP contribution in [-0.2, 0) is 4.79 Å². The third-order valence-corrected chi connectivity index (χ3v) is 5.57. The zero-order valence-electron chi connectivity index (χ0n) is 13.4. The van der Waals surface area contributed by atoms with Crippen LogP contribution in [-0.4, -0.2) is 5.78 Å². The van der Waals surface area contributed by atoms with E-state index in [9.17, 15) is 4.79 Å². The maximum atomic E-state index is 12.0. The van der Waals surface area contributed by atoms with Crippen molar-refractivity contribution in [2.24, 2.45) is 29.1 Å². The largest absolute Gasteiger partial charge is 0.299 e. The first kappa shape index (κ1) is 15.1. The van der Waals surface area contributed by atoms with Crippen molar-refractivity contribution in [3.05, 3.63) is 0 Å². The predicted molar refractivity (Wildman–Crippen MR) is 81.0 cm³/mol. The number of rotatable bonds is 4. The highest BCUT2D eigenvalue weighted by Crippen LogP contribution is 2.48. The zero-order chi connectivity index (χ0) is 14.0. The Hall–Kier alpha value is -0.330. The number of hydrogen-bond donors (Lipinski definition) is 0. The van der Waals surface area contributed by atoms with Gasteiger partial charge >= 0.3 is 0 Å². The average Bonchev–Trinajstić information content (AvgIpc) is 2.72. The Morgan fingerprint density at radius 2 is 1.95 bits per heavy atom. The maximum absolute atomic E-state index is 12.0. The number of ketones is 1. The van der Waals surface area contributed by atoms with Gasteiger partial charge in [0.25, 0.3) is 0 Å². The topological polar surface area (TPSA) is 17.1 Å². The third-order valence-electron chi connectivity index (χ3n) is 5.57. The summed E-state index contributed by atoms with van der Waals surface area (Å²) >= 11 is 0. The van der Waals surface area contributed by atoms with Crippen LogP contribution in [0.1, 0.15) is 79.1 Å². The summed E-state index contributed by atoms with van der Waals surface area (Å²) in [6.45, 7) is 9.45. The van der Waals surface area contributed by atoms with E-state index in [2.05, 4.69) is 27.7 Å². The Morgan fingerprint density at radius 1 is 1.21 bits per heavy atom. The van der Waals surface area contributed by atoms with Gasteiger partial charge in [-0.2, -0.15) is 0 Å². The van der Waals surface area contributed by atoms with Crippen molar-refractivity contribution in [3.8, 4) is 0 Å². The average molecular weight is 264 g/mol. The van der Waals surface area contributed by atoms with Crippen molar-refractivity contribution >= 4 is 5.78 Å². The van der Waals surface area contributed by atoms with Gasteiger partial charge in [0.2, 0.25) is 0 Å². The van der Waals surface area contributed by atoms with Crippen LogP contribution in [0.5, 0.6) is 0 Å². The summed E-state index contributed by atoms with van der Waals surface area (Å²) in [4.78, 5) is 12.0. The van der Waals surface area contributed by atoms with Crippen LogP contribution in [0.15, 0.2) is 0 Å². The molecule has 0 heterocycles. The minimum Gasteiger partial charge on any atom is -0.299 e. The van der Waals surface area contributed by atoms with E-state index in [-0.39, 0.29) is 0 Å². The van der Waals surface area contributed by atoms with Crippen LogP contribution >= 0.6 is 0 Å². The summed E-state index contributed by atoms with van der Waals surface area (Å²) in [5, 5.41) is 0. The molecule has 0 amide bonds. The Labute approximate surface area is 119 Å². The molecule has 2 saturated carbocycles. The SMILES string of the molecule is C[C@@H](CCCC(C)(C)C)[C@H]1CC[C@H]2C(=O)CCC[C@H]12. The Kier molecular flexibility index (Phi) is 4.74. The smallest absolute Gasteiger partial charge is 0.136 e. The monoisotopic (exact) mass is 264 g/mol. The van der Waals surface area contributed by atoms with Gasteiger partial charge in [0.1, 0.15) is 5.78 Å². The van der Waals surface area contributed by atoms with E-state index in [0.29, 0.717) is 17.1 Å². The highest BCUT2D eigenvalue weighted by atomic mass is 16.1. The van der Waals surface area contributed by atoms with Crippen LogP contribution in [0.2, 0.25) is 0 Å². The van der Waals surface area contributed by atoms with Gasteiger partial charge in [-0.1, -0.05) is 40.5 Å². The molecule has 2 aliphatic carbocycles. The second kappa shape index (κ2) is 5.97. The van der Waals surface area contributed by atoms with E-state index in [1.165, 1.54) is 38.5 Å². The molecule has 2 rings (SSSR count). The van der Waals surface area contributed by atoms with E-state index in [0.717, 1.165) is 30.6 Å². The van der Waals surface area contributed by atoms with E-state index in [1.54, 1.807) is 0 Å². The van der Waals surface area contributed by atoms with Gasteiger partial charge < -0.3 is 0 Å². The van der Waals surface area contributed by atoms with Crippen molar-refractivity contribution < 1.29 is 4.79 Å². The highest BCUT2D eigenvalue weighted by molar-refractivity contribution is 5.82. The molecule has 4 atom stereocenters. The Bertz CT molecular complexity index is 312. The molecule has 2 aliphatic rings. The van der Waals surface area contributed by atoms with Crippen LogP contribution in [0.3, 0.4) is 0 Å². The van der Waals surface area contributed by atoms with Crippen LogP contribution in [0.4, 0.5) is 0 Å². The second-order valence-electron chi connectivity index (χ2n) is 8.30. The molecule has 0 spiro atoms. The van der Waals surface area contributed by atoms with Crippen molar-refractivity contribution in [2.45, 2.75) is 79.1 Å². The molecule has 0 aliphatic heterocycles. The first-order chi connectivity index (χ1) is 8.88. The predicted octanol–water partition coefficient (Wildman–Crippen LogP) is 5.23. The molecule has 0 saturated heterocycles. The van der Waals surface area contributed by atoms with Gasteiger partial charge in [0.05, 0.1) is 0 Å². The van der Waals surface area contributed by atoms with Gasteiger partial charge in [0.15, 0.2) is 0 Å². The Balaban J connectivity index is 1.83. The van der Waals surface area contributed by atoms with E-state index in [1.807, 2.05) is 0 Å². The normalized spacial score (nSPS) is 33.3. The maximum Gasteiger partial charge on any atom is 0.136 e. The van der Waals surface area contributed by atoms with Gasteiger partial charge in [-0.15, -0.1) is 0 Å². The minimum absolute atomic E-state index is 0.448. The fourth-order valence-corrected chi connectivity index (χ4v) is 4.49. The van der Waals surface area contributed by atoms with Crippen molar-refractivity contribution in [1.82, 2.24) is 0 Å². The lowest BCUT2D eigenvalue weighted by molar-refractivity contribution is -0.126. The number of carbonyl (C=O) groups is 1. The quantitative estimate of drug-likeness (QED) is 0.679. The molecule has 1 nitrogen and oxygen atoms in total.